The van der Waals surface area contributed by atoms with Crippen molar-refractivity contribution in [3.8, 4) is 0 Å². The van der Waals surface area contributed by atoms with E-state index < -0.39 is 11.6 Å². The lowest BCUT2D eigenvalue weighted by molar-refractivity contribution is -0.112. The third-order valence-electron chi connectivity index (χ3n) is 1.56. The van der Waals surface area contributed by atoms with Crippen molar-refractivity contribution in [2.45, 2.75) is 0 Å². The summed E-state index contributed by atoms with van der Waals surface area (Å²) in [5.41, 5.74) is 0.199. The predicted octanol–water partition coefficient (Wildman–Crippen LogP) is 2.98. The lowest BCUT2D eigenvalue weighted by Crippen LogP contribution is -2.15. The highest BCUT2D eigenvalue weighted by molar-refractivity contribution is 6.52. The molecule has 1 aromatic rings. The zero-order chi connectivity index (χ0) is 10.7. The van der Waals surface area contributed by atoms with Gasteiger partial charge in [0.1, 0.15) is 0 Å². The molecule has 2 nitrogen and oxygen atoms in total. The number of halogens is 3. The minimum atomic E-state index is -0.662. The van der Waals surface area contributed by atoms with Crippen molar-refractivity contribution in [3.05, 3.63) is 33.8 Å². The Kier molecular flexibility index (Phi) is 3.93. The fraction of sp³-hybridized carbons (Fsp3) is 0.111. The minimum Gasteiger partial charge on any atom is -0.289 e. The van der Waals surface area contributed by atoms with E-state index in [4.69, 9.17) is 34.8 Å². The van der Waals surface area contributed by atoms with Gasteiger partial charge < -0.3 is 0 Å². The highest BCUT2D eigenvalue weighted by Crippen LogP contribution is 2.22. The Labute approximate surface area is 95.8 Å². The second-order valence-electron chi connectivity index (χ2n) is 2.51. The van der Waals surface area contributed by atoms with E-state index in [-0.39, 0.29) is 16.5 Å². The van der Waals surface area contributed by atoms with Gasteiger partial charge in [0.25, 0.3) is 0 Å². The normalized spacial score (nSPS) is 9.93. The highest BCUT2D eigenvalue weighted by Gasteiger charge is 2.15. The molecule has 0 amide bonds. The summed E-state index contributed by atoms with van der Waals surface area (Å²) < 4.78 is 0. The number of carbonyl (C=O) groups is 2. The molecule has 0 atom stereocenters. The van der Waals surface area contributed by atoms with E-state index in [2.05, 4.69) is 0 Å². The zero-order valence-electron chi connectivity index (χ0n) is 6.89. The van der Waals surface area contributed by atoms with Crippen LogP contribution in [0.15, 0.2) is 18.2 Å². The minimum absolute atomic E-state index is 0.199. The monoisotopic (exact) mass is 250 g/mol. The van der Waals surface area contributed by atoms with Gasteiger partial charge in [-0.25, -0.2) is 0 Å². The van der Waals surface area contributed by atoms with Crippen LogP contribution in [0.4, 0.5) is 0 Å². The van der Waals surface area contributed by atoms with E-state index in [9.17, 15) is 9.59 Å². The van der Waals surface area contributed by atoms with E-state index in [0.717, 1.165) is 0 Å². The van der Waals surface area contributed by atoms with Crippen LogP contribution in [0.25, 0.3) is 0 Å². The van der Waals surface area contributed by atoms with Crippen molar-refractivity contribution in [1.82, 2.24) is 0 Å². The summed E-state index contributed by atoms with van der Waals surface area (Å²) in [6.45, 7) is 0. The Morgan fingerprint density at radius 2 is 1.79 bits per heavy atom. The quantitative estimate of drug-likeness (QED) is 0.470. The smallest absolute Gasteiger partial charge is 0.229 e. The van der Waals surface area contributed by atoms with Gasteiger partial charge in [-0.3, -0.25) is 9.59 Å². The van der Waals surface area contributed by atoms with Gasteiger partial charge in [-0.2, -0.15) is 0 Å². The first kappa shape index (κ1) is 11.5. The van der Waals surface area contributed by atoms with Crippen LogP contribution in [0, 0.1) is 0 Å². The van der Waals surface area contributed by atoms with Gasteiger partial charge >= 0.3 is 0 Å². The number of hydrogen-bond donors (Lipinski definition) is 0. The predicted molar refractivity (Wildman–Crippen MR) is 56.5 cm³/mol. The van der Waals surface area contributed by atoms with Crippen LogP contribution in [0.2, 0.25) is 10.0 Å². The van der Waals surface area contributed by atoms with E-state index >= 15 is 0 Å². The Hall–Kier alpha value is -0.570. The second kappa shape index (κ2) is 4.78. The molecule has 0 aliphatic rings. The van der Waals surface area contributed by atoms with Gasteiger partial charge in [0.2, 0.25) is 11.6 Å². The average Bonchev–Trinajstić information content (AvgIpc) is 2.20. The van der Waals surface area contributed by atoms with Gasteiger partial charge in [0.05, 0.1) is 15.9 Å². The molecule has 0 aliphatic carbocycles. The maximum Gasteiger partial charge on any atom is 0.229 e. The van der Waals surface area contributed by atoms with Crippen molar-refractivity contribution >= 4 is 46.4 Å². The Morgan fingerprint density at radius 1 is 1.14 bits per heavy atom. The first-order valence-electron chi connectivity index (χ1n) is 3.65. The molecule has 0 saturated carbocycles. The number of Topliss-reactive ketones (excluding diaryl/α,β-unsaturated/α-hetero) is 2. The summed E-state index contributed by atoms with van der Waals surface area (Å²) in [7, 11) is 0. The van der Waals surface area contributed by atoms with Crippen molar-refractivity contribution in [2.24, 2.45) is 0 Å². The van der Waals surface area contributed by atoms with Crippen LogP contribution in [-0.2, 0) is 4.79 Å². The fourth-order valence-electron chi connectivity index (χ4n) is 0.859. The summed E-state index contributed by atoms with van der Waals surface area (Å²) in [4.78, 5) is 22.3. The third kappa shape index (κ3) is 2.47. The second-order valence-corrected chi connectivity index (χ2v) is 3.60. The van der Waals surface area contributed by atoms with Gasteiger partial charge in [-0.15, -0.1) is 11.6 Å². The highest BCUT2D eigenvalue weighted by atomic mass is 35.5. The standard InChI is InChI=1S/C9H5Cl3O2/c10-4-8(13)9(14)5-1-2-6(11)7(12)3-5/h1-3H,4H2. The van der Waals surface area contributed by atoms with E-state index in [1.165, 1.54) is 18.2 Å². The van der Waals surface area contributed by atoms with Gasteiger partial charge in [0, 0.05) is 5.56 Å². The SMILES string of the molecule is O=C(CCl)C(=O)c1ccc(Cl)c(Cl)c1. The van der Waals surface area contributed by atoms with Crippen molar-refractivity contribution in [1.29, 1.82) is 0 Å². The van der Waals surface area contributed by atoms with Crippen LogP contribution in [0.5, 0.6) is 0 Å². The van der Waals surface area contributed by atoms with E-state index in [1.807, 2.05) is 0 Å². The number of carbonyl (C=O) groups excluding carboxylic acids is 2. The molecule has 0 aliphatic heterocycles. The topological polar surface area (TPSA) is 34.1 Å². The van der Waals surface area contributed by atoms with Crippen LogP contribution in [-0.4, -0.2) is 17.4 Å². The molecule has 0 unspecified atom stereocenters. The molecule has 14 heavy (non-hydrogen) atoms. The fourth-order valence-corrected chi connectivity index (χ4v) is 1.28. The van der Waals surface area contributed by atoms with Gasteiger partial charge in [-0.05, 0) is 18.2 Å². The number of ketones is 2. The molecule has 0 aromatic heterocycles. The van der Waals surface area contributed by atoms with Crippen LogP contribution in [0.1, 0.15) is 10.4 Å². The molecule has 0 fully saturated rings. The largest absolute Gasteiger partial charge is 0.289 e. The summed E-state index contributed by atoms with van der Waals surface area (Å²) in [5.74, 6) is -1.65. The van der Waals surface area contributed by atoms with E-state index in [0.29, 0.717) is 5.02 Å². The third-order valence-corrected chi connectivity index (χ3v) is 2.54. The molecule has 74 valence electrons. The maximum absolute atomic E-state index is 11.3. The lowest BCUT2D eigenvalue weighted by Gasteiger charge is -1.99. The summed E-state index contributed by atoms with van der Waals surface area (Å²) in [5, 5.41) is 0.571. The molecule has 5 heteroatoms. The molecule has 0 spiro atoms. The van der Waals surface area contributed by atoms with Gasteiger partial charge in [0.15, 0.2) is 0 Å². The molecular formula is C9H5Cl3O2. The molecule has 1 rings (SSSR count). The Bertz CT molecular complexity index is 388. The zero-order valence-corrected chi connectivity index (χ0v) is 9.16. The Balaban J connectivity index is 3.03. The molecule has 0 radical (unpaired) electrons. The van der Waals surface area contributed by atoms with Crippen molar-refractivity contribution < 1.29 is 9.59 Å². The van der Waals surface area contributed by atoms with Crippen molar-refractivity contribution in [3.63, 3.8) is 0 Å². The first-order chi connectivity index (χ1) is 6.56. The molecule has 0 saturated heterocycles. The van der Waals surface area contributed by atoms with E-state index in [1.54, 1.807) is 0 Å². The molecule has 1 aromatic carbocycles. The van der Waals surface area contributed by atoms with Crippen LogP contribution >= 0.6 is 34.8 Å². The summed E-state index contributed by atoms with van der Waals surface area (Å²) in [6, 6.07) is 4.23. The maximum atomic E-state index is 11.3. The number of rotatable bonds is 3. The summed E-state index contributed by atoms with van der Waals surface area (Å²) >= 11 is 16.6. The molecule has 0 bridgehead atoms. The average molecular weight is 251 g/mol. The van der Waals surface area contributed by atoms with Crippen molar-refractivity contribution in [2.75, 3.05) is 5.88 Å². The number of alkyl halides is 1. The van der Waals surface area contributed by atoms with Gasteiger partial charge in [-0.1, -0.05) is 23.2 Å². The van der Waals surface area contributed by atoms with Crippen LogP contribution in [0.3, 0.4) is 0 Å². The summed E-state index contributed by atoms with van der Waals surface area (Å²) in [6.07, 6.45) is 0. The molecule has 0 heterocycles. The number of hydrogen-bond acceptors (Lipinski definition) is 2. The van der Waals surface area contributed by atoms with Crippen LogP contribution < -0.4 is 0 Å². The number of benzene rings is 1. The lowest BCUT2D eigenvalue weighted by atomic mass is 10.1. The first-order valence-corrected chi connectivity index (χ1v) is 4.94. The molecular weight excluding hydrogens is 246 g/mol. The molecule has 0 N–H and O–H groups in total. The Morgan fingerprint density at radius 3 is 2.29 bits per heavy atom.